The van der Waals surface area contributed by atoms with Crippen LogP contribution < -0.4 is 10.1 Å². The number of benzene rings is 2. The largest absolute Gasteiger partial charge is 0.492 e. The molecule has 0 aliphatic rings. The first-order valence-electron chi connectivity index (χ1n) is 9.00. The maximum atomic E-state index is 12.0. The Balaban J connectivity index is 1.78. The van der Waals surface area contributed by atoms with Crippen molar-refractivity contribution < 1.29 is 14.3 Å². The van der Waals surface area contributed by atoms with Gasteiger partial charge in [-0.2, -0.15) is 0 Å². The number of hydrogen-bond acceptors (Lipinski definition) is 3. The molecule has 4 nitrogen and oxygen atoms in total. The number of ether oxygens (including phenoxy) is 1. The molecule has 0 saturated carbocycles. The molecule has 0 fully saturated rings. The van der Waals surface area contributed by atoms with E-state index in [4.69, 9.17) is 4.74 Å². The summed E-state index contributed by atoms with van der Waals surface area (Å²) in [5.74, 6) is 0.714. The van der Waals surface area contributed by atoms with E-state index in [2.05, 4.69) is 54.2 Å². The van der Waals surface area contributed by atoms with Gasteiger partial charge in [-0.3, -0.25) is 9.59 Å². The van der Waals surface area contributed by atoms with E-state index in [1.54, 1.807) is 24.3 Å². The standard InChI is InChI=1S/C22H26BrNO3/c1-15(25)16-7-10-18(11-8-16)24-21(26)6-5-13-27-20-12-9-17(14-19(20)23)22(2,3)4/h7-12,14H,5-6,13H2,1-4H3,(H,24,26). The zero-order chi connectivity index (χ0) is 20.0. The van der Waals surface area contributed by atoms with Crippen molar-refractivity contribution in [2.45, 2.75) is 46.0 Å². The fourth-order valence-corrected chi connectivity index (χ4v) is 3.00. The van der Waals surface area contributed by atoms with Gasteiger partial charge in [0.25, 0.3) is 0 Å². The van der Waals surface area contributed by atoms with Crippen LogP contribution in [0.4, 0.5) is 5.69 Å². The number of halogens is 1. The van der Waals surface area contributed by atoms with E-state index in [1.807, 2.05) is 6.07 Å². The van der Waals surface area contributed by atoms with Crippen molar-refractivity contribution in [3.63, 3.8) is 0 Å². The maximum Gasteiger partial charge on any atom is 0.224 e. The van der Waals surface area contributed by atoms with Crippen LogP contribution in [-0.2, 0) is 10.2 Å². The van der Waals surface area contributed by atoms with Crippen LogP contribution in [0.3, 0.4) is 0 Å². The Bertz CT molecular complexity index is 807. The highest BCUT2D eigenvalue weighted by Gasteiger charge is 2.15. The van der Waals surface area contributed by atoms with Gasteiger partial charge in [-0.15, -0.1) is 0 Å². The molecular formula is C22H26BrNO3. The number of carbonyl (C=O) groups excluding carboxylic acids is 2. The highest BCUT2D eigenvalue weighted by atomic mass is 79.9. The Hall–Kier alpha value is -2.14. The number of carbonyl (C=O) groups is 2. The van der Waals surface area contributed by atoms with Crippen LogP contribution >= 0.6 is 15.9 Å². The van der Waals surface area contributed by atoms with Crippen molar-refractivity contribution in [2.24, 2.45) is 0 Å². The Morgan fingerprint density at radius 2 is 1.74 bits per heavy atom. The molecule has 1 N–H and O–H groups in total. The lowest BCUT2D eigenvalue weighted by Crippen LogP contribution is -2.13. The third-order valence-corrected chi connectivity index (χ3v) is 4.80. The van der Waals surface area contributed by atoms with Crippen LogP contribution in [0.25, 0.3) is 0 Å². The zero-order valence-electron chi connectivity index (χ0n) is 16.3. The van der Waals surface area contributed by atoms with Crippen molar-refractivity contribution in [3.8, 4) is 5.75 Å². The molecule has 2 rings (SSSR count). The zero-order valence-corrected chi connectivity index (χ0v) is 17.9. The second-order valence-corrected chi connectivity index (χ2v) is 8.38. The monoisotopic (exact) mass is 431 g/mol. The van der Waals surface area contributed by atoms with Gasteiger partial charge < -0.3 is 10.1 Å². The Morgan fingerprint density at radius 3 is 2.30 bits per heavy atom. The maximum absolute atomic E-state index is 12.0. The van der Waals surface area contributed by atoms with Crippen LogP contribution in [0.15, 0.2) is 46.9 Å². The fourth-order valence-electron chi connectivity index (χ4n) is 2.51. The quantitative estimate of drug-likeness (QED) is 0.448. The summed E-state index contributed by atoms with van der Waals surface area (Å²) in [6.07, 6.45) is 0.983. The number of anilines is 1. The topological polar surface area (TPSA) is 55.4 Å². The minimum absolute atomic E-state index is 0.00622. The highest BCUT2D eigenvalue weighted by Crippen LogP contribution is 2.31. The SMILES string of the molecule is CC(=O)c1ccc(NC(=O)CCCOc2ccc(C(C)(C)C)cc2Br)cc1. The molecule has 0 bridgehead atoms. The van der Waals surface area contributed by atoms with Crippen molar-refractivity contribution in [1.82, 2.24) is 0 Å². The number of rotatable bonds is 7. The van der Waals surface area contributed by atoms with Gasteiger partial charge in [0.1, 0.15) is 5.75 Å². The molecule has 0 aromatic heterocycles. The Kier molecular flexibility index (Phi) is 7.19. The average Bonchev–Trinajstić information content (AvgIpc) is 2.59. The van der Waals surface area contributed by atoms with E-state index in [0.29, 0.717) is 30.7 Å². The lowest BCUT2D eigenvalue weighted by atomic mass is 9.87. The number of ketones is 1. The molecule has 5 heteroatoms. The first-order valence-corrected chi connectivity index (χ1v) is 9.80. The van der Waals surface area contributed by atoms with Crippen molar-refractivity contribution in [2.75, 3.05) is 11.9 Å². The first-order chi connectivity index (χ1) is 12.7. The van der Waals surface area contributed by atoms with E-state index in [9.17, 15) is 9.59 Å². The molecule has 1 amide bonds. The van der Waals surface area contributed by atoms with Gasteiger partial charge in [0.2, 0.25) is 5.91 Å². The van der Waals surface area contributed by atoms with Crippen LogP contribution in [0, 0.1) is 0 Å². The van der Waals surface area contributed by atoms with Crippen molar-refractivity contribution in [1.29, 1.82) is 0 Å². The molecule has 0 atom stereocenters. The molecule has 0 unspecified atom stereocenters. The van der Waals surface area contributed by atoms with E-state index in [-0.39, 0.29) is 17.1 Å². The van der Waals surface area contributed by atoms with Crippen LogP contribution in [0.5, 0.6) is 5.75 Å². The molecule has 0 aliphatic carbocycles. The van der Waals surface area contributed by atoms with Gasteiger partial charge >= 0.3 is 0 Å². The Morgan fingerprint density at radius 1 is 1.07 bits per heavy atom. The average molecular weight is 432 g/mol. The van der Waals surface area contributed by atoms with E-state index >= 15 is 0 Å². The van der Waals surface area contributed by atoms with E-state index in [0.717, 1.165) is 10.2 Å². The summed E-state index contributed by atoms with van der Waals surface area (Å²) in [7, 11) is 0. The predicted octanol–water partition coefficient (Wildman–Crippen LogP) is 5.75. The third-order valence-electron chi connectivity index (χ3n) is 4.18. The second kappa shape index (κ2) is 9.18. The number of hydrogen-bond donors (Lipinski definition) is 1. The molecule has 2 aromatic carbocycles. The first kappa shape index (κ1) is 21.2. The van der Waals surface area contributed by atoms with Gasteiger partial charge in [0.15, 0.2) is 5.78 Å². The summed E-state index contributed by atoms with van der Waals surface area (Å²) in [5, 5.41) is 2.83. The molecule has 27 heavy (non-hydrogen) atoms. The fraction of sp³-hybridized carbons (Fsp3) is 0.364. The molecule has 144 valence electrons. The lowest BCUT2D eigenvalue weighted by molar-refractivity contribution is -0.116. The minimum atomic E-state index is -0.0729. The van der Waals surface area contributed by atoms with Crippen LogP contribution in [-0.4, -0.2) is 18.3 Å². The van der Waals surface area contributed by atoms with Crippen molar-refractivity contribution in [3.05, 3.63) is 58.1 Å². The van der Waals surface area contributed by atoms with Gasteiger partial charge in [-0.25, -0.2) is 0 Å². The van der Waals surface area contributed by atoms with E-state index in [1.165, 1.54) is 12.5 Å². The smallest absolute Gasteiger partial charge is 0.224 e. The van der Waals surface area contributed by atoms with Crippen molar-refractivity contribution >= 4 is 33.3 Å². The lowest BCUT2D eigenvalue weighted by Gasteiger charge is -2.20. The number of amides is 1. The molecule has 0 spiro atoms. The summed E-state index contributed by atoms with van der Waals surface area (Å²) in [6.45, 7) is 8.48. The minimum Gasteiger partial charge on any atom is -0.492 e. The van der Waals surface area contributed by atoms with Crippen LogP contribution in [0.2, 0.25) is 0 Å². The molecule has 0 heterocycles. The van der Waals surface area contributed by atoms with E-state index < -0.39 is 0 Å². The third kappa shape index (κ3) is 6.51. The normalized spacial score (nSPS) is 11.1. The highest BCUT2D eigenvalue weighted by molar-refractivity contribution is 9.10. The number of Topliss-reactive ketones (excluding diaryl/α,β-unsaturated/α-hetero) is 1. The van der Waals surface area contributed by atoms with Gasteiger partial charge in [0, 0.05) is 17.7 Å². The molecular weight excluding hydrogens is 406 g/mol. The summed E-state index contributed by atoms with van der Waals surface area (Å²) < 4.78 is 6.70. The van der Waals surface area contributed by atoms with Gasteiger partial charge in [0.05, 0.1) is 11.1 Å². The Labute approximate surface area is 169 Å². The van der Waals surface area contributed by atoms with Crippen LogP contribution in [0.1, 0.15) is 56.5 Å². The van der Waals surface area contributed by atoms with Gasteiger partial charge in [-0.05, 0) is 76.7 Å². The summed E-state index contributed by atoms with van der Waals surface area (Å²) >= 11 is 3.55. The molecule has 2 aromatic rings. The predicted molar refractivity (Wildman–Crippen MR) is 113 cm³/mol. The number of nitrogens with one attached hydrogen (secondary N) is 1. The molecule has 0 radical (unpaired) electrons. The summed E-state index contributed by atoms with van der Waals surface area (Å²) in [4.78, 5) is 23.3. The van der Waals surface area contributed by atoms with Gasteiger partial charge in [-0.1, -0.05) is 26.8 Å². The summed E-state index contributed by atoms with van der Waals surface area (Å²) in [5.41, 5.74) is 2.63. The summed E-state index contributed by atoms with van der Waals surface area (Å²) in [6, 6.07) is 13.0. The molecule has 0 aliphatic heterocycles. The second-order valence-electron chi connectivity index (χ2n) is 7.53. The molecule has 0 saturated heterocycles.